The number of hydrogen-bond donors (Lipinski definition) is 1. The van der Waals surface area contributed by atoms with Crippen LogP contribution in [-0.2, 0) is 5.41 Å². The molecular weight excluding hydrogens is 391 g/mol. The number of aromatic carboxylic acids is 1. The summed E-state index contributed by atoms with van der Waals surface area (Å²) in [5.74, 6) is -1.03. The van der Waals surface area contributed by atoms with Crippen molar-refractivity contribution < 1.29 is 9.90 Å². The Labute approximate surface area is 135 Å². The summed E-state index contributed by atoms with van der Waals surface area (Å²) in [4.78, 5) is 11.3. The van der Waals surface area contributed by atoms with Crippen LogP contribution >= 0.6 is 34.2 Å². The molecule has 20 heavy (non-hydrogen) atoms. The lowest BCUT2D eigenvalue weighted by Crippen LogP contribution is -2.18. The molecule has 2 aromatic rings. The molecule has 0 aliphatic carbocycles. The van der Waals surface area contributed by atoms with Gasteiger partial charge in [0.2, 0.25) is 0 Å². The molecule has 1 aromatic heterocycles. The van der Waals surface area contributed by atoms with Gasteiger partial charge in [0.15, 0.2) is 5.69 Å². The van der Waals surface area contributed by atoms with Crippen molar-refractivity contribution in [2.24, 2.45) is 0 Å². The normalized spacial score (nSPS) is 11.7. The van der Waals surface area contributed by atoms with E-state index in [9.17, 15) is 9.90 Å². The maximum Gasteiger partial charge on any atom is 0.357 e. The van der Waals surface area contributed by atoms with E-state index in [-0.39, 0.29) is 11.1 Å². The molecular formula is C14H14ClIN2O2. The van der Waals surface area contributed by atoms with E-state index < -0.39 is 5.97 Å². The topological polar surface area (TPSA) is 55.1 Å². The molecule has 1 heterocycles. The Morgan fingerprint density at radius 2 is 2.05 bits per heavy atom. The molecule has 0 bridgehead atoms. The van der Waals surface area contributed by atoms with Gasteiger partial charge in [-0.05, 0) is 40.8 Å². The average molecular weight is 405 g/mol. The largest absolute Gasteiger partial charge is 0.476 e. The van der Waals surface area contributed by atoms with Crippen molar-refractivity contribution in [3.05, 3.63) is 44.2 Å². The molecule has 1 N–H and O–H groups in total. The minimum absolute atomic E-state index is 0.0653. The van der Waals surface area contributed by atoms with Gasteiger partial charge in [-0.3, -0.25) is 0 Å². The van der Waals surface area contributed by atoms with Crippen molar-refractivity contribution in [2.45, 2.75) is 26.2 Å². The average Bonchev–Trinajstić information content (AvgIpc) is 2.66. The second-order valence-corrected chi connectivity index (χ2v) is 6.97. The quantitative estimate of drug-likeness (QED) is 0.766. The van der Waals surface area contributed by atoms with Crippen molar-refractivity contribution in [3.63, 3.8) is 0 Å². The SMILES string of the molecule is CC(C)(C)c1c(I)c(C(=O)O)nn1-c1cccc(Cl)c1. The second kappa shape index (κ2) is 5.37. The molecule has 6 heteroatoms. The van der Waals surface area contributed by atoms with Crippen LogP contribution in [0.4, 0.5) is 0 Å². The third-order valence-corrected chi connectivity index (χ3v) is 4.05. The van der Waals surface area contributed by atoms with Crippen molar-refractivity contribution in [1.82, 2.24) is 9.78 Å². The molecule has 0 atom stereocenters. The number of carboxylic acids is 1. The lowest BCUT2D eigenvalue weighted by atomic mass is 9.91. The Bertz CT molecular complexity index is 674. The van der Waals surface area contributed by atoms with Gasteiger partial charge >= 0.3 is 5.97 Å². The van der Waals surface area contributed by atoms with Gasteiger partial charge in [-0.15, -0.1) is 0 Å². The van der Waals surface area contributed by atoms with Crippen LogP contribution in [0, 0.1) is 3.57 Å². The molecule has 0 radical (unpaired) electrons. The van der Waals surface area contributed by atoms with Gasteiger partial charge in [0.1, 0.15) is 0 Å². The zero-order valence-corrected chi connectivity index (χ0v) is 14.2. The van der Waals surface area contributed by atoms with Crippen molar-refractivity contribution in [3.8, 4) is 5.69 Å². The van der Waals surface area contributed by atoms with Gasteiger partial charge in [-0.1, -0.05) is 38.4 Å². The van der Waals surface area contributed by atoms with Gasteiger partial charge < -0.3 is 5.11 Å². The van der Waals surface area contributed by atoms with E-state index in [0.29, 0.717) is 8.59 Å². The lowest BCUT2D eigenvalue weighted by molar-refractivity contribution is 0.0689. The summed E-state index contributed by atoms with van der Waals surface area (Å²) in [6.45, 7) is 6.08. The molecule has 0 unspecified atom stereocenters. The summed E-state index contributed by atoms with van der Waals surface area (Å²) in [6.07, 6.45) is 0. The van der Waals surface area contributed by atoms with E-state index in [1.807, 2.05) is 55.5 Å². The van der Waals surface area contributed by atoms with E-state index in [4.69, 9.17) is 11.6 Å². The van der Waals surface area contributed by atoms with Crippen molar-refractivity contribution >= 4 is 40.2 Å². The number of benzene rings is 1. The third kappa shape index (κ3) is 2.83. The maximum absolute atomic E-state index is 11.3. The van der Waals surface area contributed by atoms with E-state index in [0.717, 1.165) is 11.4 Å². The highest BCUT2D eigenvalue weighted by Gasteiger charge is 2.29. The highest BCUT2D eigenvalue weighted by atomic mass is 127. The molecule has 0 amide bonds. The summed E-state index contributed by atoms with van der Waals surface area (Å²) in [5, 5.41) is 14.1. The highest BCUT2D eigenvalue weighted by molar-refractivity contribution is 14.1. The monoisotopic (exact) mass is 404 g/mol. The Kier molecular flexibility index (Phi) is 4.11. The van der Waals surface area contributed by atoms with Crippen molar-refractivity contribution in [1.29, 1.82) is 0 Å². The van der Waals surface area contributed by atoms with Crippen LogP contribution in [-0.4, -0.2) is 20.9 Å². The number of rotatable bonds is 2. The predicted octanol–water partition coefficient (Wildman–Crippen LogP) is 4.13. The minimum atomic E-state index is -1.03. The summed E-state index contributed by atoms with van der Waals surface area (Å²) in [5.41, 5.74) is 1.45. The molecule has 0 aliphatic rings. The fourth-order valence-electron chi connectivity index (χ4n) is 1.98. The summed E-state index contributed by atoms with van der Waals surface area (Å²) < 4.78 is 2.32. The third-order valence-electron chi connectivity index (χ3n) is 2.79. The molecule has 0 saturated heterocycles. The fraction of sp³-hybridized carbons (Fsp3) is 0.286. The van der Waals surface area contributed by atoms with E-state index in [1.54, 1.807) is 16.8 Å². The Balaban J connectivity index is 2.75. The van der Waals surface area contributed by atoms with E-state index in [2.05, 4.69) is 5.10 Å². The molecule has 0 saturated carbocycles. The fourth-order valence-corrected chi connectivity index (χ4v) is 3.54. The zero-order valence-electron chi connectivity index (χ0n) is 11.3. The van der Waals surface area contributed by atoms with Crippen molar-refractivity contribution in [2.75, 3.05) is 0 Å². The van der Waals surface area contributed by atoms with E-state index in [1.165, 1.54) is 0 Å². The van der Waals surface area contributed by atoms with Crippen LogP contribution in [0.2, 0.25) is 5.02 Å². The van der Waals surface area contributed by atoms with Gasteiger partial charge in [-0.2, -0.15) is 5.10 Å². The highest BCUT2D eigenvalue weighted by Crippen LogP contribution is 2.32. The van der Waals surface area contributed by atoms with Gasteiger partial charge in [-0.25, -0.2) is 9.48 Å². The molecule has 4 nitrogen and oxygen atoms in total. The zero-order chi connectivity index (χ0) is 15.1. The summed E-state index contributed by atoms with van der Waals surface area (Å²) in [6, 6.07) is 7.22. The first kappa shape index (κ1) is 15.3. The van der Waals surface area contributed by atoms with Gasteiger partial charge in [0.05, 0.1) is 15.0 Å². The van der Waals surface area contributed by atoms with Crippen LogP contribution in [0.15, 0.2) is 24.3 Å². The number of aromatic nitrogens is 2. The first-order chi connectivity index (χ1) is 9.21. The molecule has 1 aromatic carbocycles. The molecule has 2 rings (SSSR count). The van der Waals surface area contributed by atoms with Crippen LogP contribution in [0.5, 0.6) is 0 Å². The number of halogens is 2. The second-order valence-electron chi connectivity index (χ2n) is 5.46. The maximum atomic E-state index is 11.3. The minimum Gasteiger partial charge on any atom is -0.476 e. The molecule has 106 valence electrons. The number of nitrogens with zero attached hydrogens (tertiary/aromatic N) is 2. The van der Waals surface area contributed by atoms with Gasteiger partial charge in [0, 0.05) is 10.4 Å². The summed E-state index contributed by atoms with van der Waals surface area (Å²) >= 11 is 8.05. The number of carbonyl (C=O) groups is 1. The molecule has 0 aliphatic heterocycles. The number of hydrogen-bond acceptors (Lipinski definition) is 2. The smallest absolute Gasteiger partial charge is 0.357 e. The summed E-state index contributed by atoms with van der Waals surface area (Å²) in [7, 11) is 0. The van der Waals surface area contributed by atoms with E-state index >= 15 is 0 Å². The Hall–Kier alpha value is -1.08. The van der Waals surface area contributed by atoms with Crippen LogP contribution < -0.4 is 0 Å². The molecule has 0 fully saturated rings. The number of carboxylic acid groups (broad SMARTS) is 1. The molecule has 0 spiro atoms. The lowest BCUT2D eigenvalue weighted by Gasteiger charge is -2.21. The predicted molar refractivity (Wildman–Crippen MR) is 87.0 cm³/mol. The Morgan fingerprint density at radius 1 is 1.40 bits per heavy atom. The van der Waals surface area contributed by atoms with Gasteiger partial charge in [0.25, 0.3) is 0 Å². The standard InChI is InChI=1S/C14H14ClIN2O2/c1-14(2,3)12-10(16)11(13(19)20)17-18(12)9-6-4-5-8(15)7-9/h4-7H,1-3H3,(H,19,20). The van der Waals surface area contributed by atoms with Crippen LogP contribution in [0.25, 0.3) is 5.69 Å². The van der Waals surface area contributed by atoms with Crippen LogP contribution in [0.3, 0.4) is 0 Å². The Morgan fingerprint density at radius 3 is 2.55 bits per heavy atom. The van der Waals surface area contributed by atoms with Crippen LogP contribution in [0.1, 0.15) is 37.0 Å². The first-order valence-electron chi connectivity index (χ1n) is 6.00. The first-order valence-corrected chi connectivity index (χ1v) is 7.45.